The molecular weight excluding hydrogens is 312 g/mol. The fraction of sp³-hybridized carbons (Fsp3) is 0.476. The summed E-state index contributed by atoms with van der Waals surface area (Å²) in [6, 6.07) is 12.7. The predicted molar refractivity (Wildman–Crippen MR) is 99.3 cm³/mol. The highest BCUT2D eigenvalue weighted by atomic mass is 16.5. The van der Waals surface area contributed by atoms with Gasteiger partial charge in [-0.1, -0.05) is 37.5 Å². The summed E-state index contributed by atoms with van der Waals surface area (Å²) in [4.78, 5) is 14.7. The number of aryl methyl sites for hydroxylation is 1. The van der Waals surface area contributed by atoms with Gasteiger partial charge in [0.1, 0.15) is 0 Å². The standard InChI is InChI=1S/C21H28N2O2/c1-22-14-8-12-19(22)16-23(18-10-4-3-5-11-18)15-17-9-6-7-13-20(17)21(24)25-2/h6-9,12-14,18H,3-5,10-11,15-16H2,1-2H3. The predicted octanol–water partition coefficient (Wildman–Crippen LogP) is 4.15. The molecule has 0 bridgehead atoms. The maximum atomic E-state index is 12.1. The van der Waals surface area contributed by atoms with Crippen LogP contribution < -0.4 is 0 Å². The molecule has 1 saturated carbocycles. The number of benzene rings is 1. The van der Waals surface area contributed by atoms with Crippen LogP contribution in [0.15, 0.2) is 42.6 Å². The molecule has 0 radical (unpaired) electrons. The Kier molecular flexibility index (Phi) is 5.92. The first-order valence-corrected chi connectivity index (χ1v) is 9.19. The van der Waals surface area contributed by atoms with Crippen LogP contribution in [0.2, 0.25) is 0 Å². The van der Waals surface area contributed by atoms with Crippen molar-refractivity contribution < 1.29 is 9.53 Å². The number of aromatic nitrogens is 1. The fourth-order valence-electron chi connectivity index (χ4n) is 3.82. The highest BCUT2D eigenvalue weighted by Crippen LogP contribution is 2.26. The summed E-state index contributed by atoms with van der Waals surface area (Å²) in [5.41, 5.74) is 3.04. The summed E-state index contributed by atoms with van der Waals surface area (Å²) in [6.07, 6.45) is 8.51. The zero-order valence-corrected chi connectivity index (χ0v) is 15.3. The van der Waals surface area contributed by atoms with E-state index in [9.17, 15) is 4.79 Å². The molecule has 0 N–H and O–H groups in total. The van der Waals surface area contributed by atoms with Crippen molar-refractivity contribution in [2.45, 2.75) is 51.2 Å². The van der Waals surface area contributed by atoms with Gasteiger partial charge in [-0.05, 0) is 36.6 Å². The molecule has 0 unspecified atom stereocenters. The van der Waals surface area contributed by atoms with Crippen molar-refractivity contribution in [2.75, 3.05) is 7.11 Å². The number of ether oxygens (including phenoxy) is 1. The van der Waals surface area contributed by atoms with Crippen molar-refractivity contribution >= 4 is 5.97 Å². The van der Waals surface area contributed by atoms with Gasteiger partial charge in [-0.15, -0.1) is 0 Å². The molecule has 0 aliphatic heterocycles. The van der Waals surface area contributed by atoms with E-state index in [1.165, 1.54) is 44.9 Å². The van der Waals surface area contributed by atoms with E-state index in [4.69, 9.17) is 4.74 Å². The quantitative estimate of drug-likeness (QED) is 0.741. The van der Waals surface area contributed by atoms with Crippen molar-refractivity contribution in [2.24, 2.45) is 7.05 Å². The fourth-order valence-corrected chi connectivity index (χ4v) is 3.82. The van der Waals surface area contributed by atoms with Gasteiger partial charge >= 0.3 is 5.97 Å². The molecule has 0 saturated heterocycles. The molecular formula is C21H28N2O2. The largest absolute Gasteiger partial charge is 0.465 e. The van der Waals surface area contributed by atoms with E-state index in [0.717, 1.165) is 18.7 Å². The molecule has 1 aliphatic rings. The average Bonchev–Trinajstić information content (AvgIpc) is 3.06. The third-order valence-electron chi connectivity index (χ3n) is 5.30. The average molecular weight is 340 g/mol. The lowest BCUT2D eigenvalue weighted by Crippen LogP contribution is -2.36. The molecule has 1 heterocycles. The first-order chi connectivity index (χ1) is 12.2. The van der Waals surface area contributed by atoms with E-state index < -0.39 is 0 Å². The van der Waals surface area contributed by atoms with Crippen LogP contribution in [-0.4, -0.2) is 28.6 Å². The Hall–Kier alpha value is -2.07. The normalized spacial score (nSPS) is 15.5. The van der Waals surface area contributed by atoms with Crippen molar-refractivity contribution in [3.63, 3.8) is 0 Å². The van der Waals surface area contributed by atoms with Gasteiger partial charge in [0.2, 0.25) is 0 Å². The number of hydrogen-bond donors (Lipinski definition) is 0. The summed E-state index contributed by atoms with van der Waals surface area (Å²) in [5, 5.41) is 0. The molecule has 3 rings (SSSR count). The summed E-state index contributed by atoms with van der Waals surface area (Å²) in [7, 11) is 3.54. The van der Waals surface area contributed by atoms with Gasteiger partial charge in [0.05, 0.1) is 12.7 Å². The third-order valence-corrected chi connectivity index (χ3v) is 5.30. The lowest BCUT2D eigenvalue weighted by atomic mass is 9.93. The smallest absolute Gasteiger partial charge is 0.338 e. The van der Waals surface area contributed by atoms with E-state index >= 15 is 0 Å². The highest BCUT2D eigenvalue weighted by molar-refractivity contribution is 5.90. The minimum absolute atomic E-state index is 0.252. The molecule has 2 aromatic rings. The molecule has 1 aromatic heterocycles. The van der Waals surface area contributed by atoms with Crippen LogP contribution >= 0.6 is 0 Å². The monoisotopic (exact) mass is 340 g/mol. The van der Waals surface area contributed by atoms with Crippen molar-refractivity contribution in [3.8, 4) is 0 Å². The second-order valence-corrected chi connectivity index (χ2v) is 6.96. The molecule has 1 aliphatic carbocycles. The molecule has 0 amide bonds. The Morgan fingerprint density at radius 3 is 2.56 bits per heavy atom. The van der Waals surface area contributed by atoms with E-state index in [1.807, 2.05) is 24.3 Å². The SMILES string of the molecule is COC(=O)c1ccccc1CN(Cc1cccn1C)C1CCCCC1. The lowest BCUT2D eigenvalue weighted by molar-refractivity contribution is 0.0596. The van der Waals surface area contributed by atoms with E-state index in [2.05, 4.69) is 34.8 Å². The van der Waals surface area contributed by atoms with Crippen molar-refractivity contribution in [1.82, 2.24) is 9.47 Å². The van der Waals surface area contributed by atoms with Crippen LogP contribution in [0.1, 0.15) is 53.7 Å². The molecule has 4 nitrogen and oxygen atoms in total. The number of carbonyl (C=O) groups excluding carboxylic acids is 1. The van der Waals surface area contributed by atoms with Gasteiger partial charge in [0, 0.05) is 38.1 Å². The number of carbonyl (C=O) groups is 1. The van der Waals surface area contributed by atoms with E-state index in [0.29, 0.717) is 11.6 Å². The molecule has 1 aromatic carbocycles. The lowest BCUT2D eigenvalue weighted by Gasteiger charge is -2.35. The van der Waals surface area contributed by atoms with Crippen LogP contribution in [0, 0.1) is 0 Å². The Morgan fingerprint density at radius 1 is 1.12 bits per heavy atom. The molecule has 0 atom stereocenters. The second kappa shape index (κ2) is 8.34. The Morgan fingerprint density at radius 2 is 1.88 bits per heavy atom. The van der Waals surface area contributed by atoms with Crippen LogP contribution in [0.3, 0.4) is 0 Å². The second-order valence-electron chi connectivity index (χ2n) is 6.96. The van der Waals surface area contributed by atoms with Gasteiger partial charge in [0.15, 0.2) is 0 Å². The minimum Gasteiger partial charge on any atom is -0.465 e. The van der Waals surface area contributed by atoms with E-state index in [1.54, 1.807) is 0 Å². The Labute approximate surface area is 150 Å². The van der Waals surface area contributed by atoms with Gasteiger partial charge < -0.3 is 9.30 Å². The maximum absolute atomic E-state index is 12.1. The number of rotatable bonds is 6. The number of methoxy groups -OCH3 is 1. The number of nitrogens with zero attached hydrogens (tertiary/aromatic N) is 2. The van der Waals surface area contributed by atoms with Crippen LogP contribution in [-0.2, 0) is 24.9 Å². The summed E-state index contributed by atoms with van der Waals surface area (Å²) < 4.78 is 7.15. The molecule has 25 heavy (non-hydrogen) atoms. The van der Waals surface area contributed by atoms with Gasteiger partial charge in [-0.25, -0.2) is 4.79 Å². The van der Waals surface area contributed by atoms with E-state index in [-0.39, 0.29) is 5.97 Å². The molecule has 0 spiro atoms. The zero-order valence-electron chi connectivity index (χ0n) is 15.3. The first-order valence-electron chi connectivity index (χ1n) is 9.19. The third kappa shape index (κ3) is 4.31. The highest BCUT2D eigenvalue weighted by Gasteiger charge is 2.23. The molecule has 1 fully saturated rings. The Bertz CT molecular complexity index is 701. The van der Waals surface area contributed by atoms with Gasteiger partial charge in [-0.2, -0.15) is 0 Å². The van der Waals surface area contributed by atoms with Crippen LogP contribution in [0.4, 0.5) is 0 Å². The summed E-state index contributed by atoms with van der Waals surface area (Å²) in [5.74, 6) is -0.252. The topological polar surface area (TPSA) is 34.5 Å². The van der Waals surface area contributed by atoms with Crippen LogP contribution in [0.25, 0.3) is 0 Å². The summed E-state index contributed by atoms with van der Waals surface area (Å²) >= 11 is 0. The number of esters is 1. The number of hydrogen-bond acceptors (Lipinski definition) is 3. The Balaban J connectivity index is 1.84. The summed E-state index contributed by atoms with van der Waals surface area (Å²) in [6.45, 7) is 1.69. The van der Waals surface area contributed by atoms with Crippen molar-refractivity contribution in [1.29, 1.82) is 0 Å². The molecule has 4 heteroatoms. The van der Waals surface area contributed by atoms with Gasteiger partial charge in [-0.3, -0.25) is 4.90 Å². The zero-order chi connectivity index (χ0) is 17.6. The van der Waals surface area contributed by atoms with Crippen molar-refractivity contribution in [3.05, 3.63) is 59.4 Å². The van der Waals surface area contributed by atoms with Gasteiger partial charge in [0.25, 0.3) is 0 Å². The minimum atomic E-state index is -0.252. The maximum Gasteiger partial charge on any atom is 0.338 e. The first kappa shape index (κ1) is 17.7. The van der Waals surface area contributed by atoms with Crippen LogP contribution in [0.5, 0.6) is 0 Å². The molecule has 134 valence electrons.